The van der Waals surface area contributed by atoms with Gasteiger partial charge in [0.15, 0.2) is 0 Å². The molecule has 0 radical (unpaired) electrons. The molecule has 0 saturated heterocycles. The van der Waals surface area contributed by atoms with E-state index in [4.69, 9.17) is 5.11 Å². The number of carbonyl (C=O) groups excluding carboxylic acids is 1. The van der Waals surface area contributed by atoms with Gasteiger partial charge in [0.2, 0.25) is 0 Å². The molecule has 18 heavy (non-hydrogen) atoms. The Labute approximate surface area is 120 Å². The number of rotatable bonds is 5. The molecule has 0 fully saturated rings. The monoisotopic (exact) mass is 361 g/mol. The van der Waals surface area contributed by atoms with E-state index in [2.05, 4.69) is 27.9 Å². The van der Waals surface area contributed by atoms with Crippen molar-refractivity contribution in [1.29, 1.82) is 0 Å². The Morgan fingerprint density at radius 3 is 2.44 bits per heavy atom. The largest absolute Gasteiger partial charge is 0.480 e. The van der Waals surface area contributed by atoms with Gasteiger partial charge in [-0.1, -0.05) is 26.0 Å². The summed E-state index contributed by atoms with van der Waals surface area (Å²) in [7, 11) is 0. The molecule has 0 saturated carbocycles. The van der Waals surface area contributed by atoms with Gasteiger partial charge in [-0.2, -0.15) is 0 Å². The van der Waals surface area contributed by atoms with Crippen LogP contribution in [-0.2, 0) is 4.79 Å². The lowest BCUT2D eigenvalue weighted by Crippen LogP contribution is -2.41. The van der Waals surface area contributed by atoms with Crippen LogP contribution in [0.1, 0.15) is 30.6 Å². The van der Waals surface area contributed by atoms with Crippen LogP contribution < -0.4 is 5.32 Å². The predicted molar refractivity (Wildman–Crippen MR) is 77.5 cm³/mol. The minimum absolute atomic E-state index is 0.209. The molecule has 0 aromatic heterocycles. The molecule has 1 atom stereocenters. The second kappa shape index (κ2) is 6.72. The Bertz CT molecular complexity index is 446. The molecule has 98 valence electrons. The molecule has 0 aliphatic rings. The van der Waals surface area contributed by atoms with Crippen LogP contribution in [0, 0.1) is 9.49 Å². The van der Waals surface area contributed by atoms with Gasteiger partial charge in [0.05, 0.1) is 5.56 Å². The van der Waals surface area contributed by atoms with Crippen molar-refractivity contribution in [2.75, 3.05) is 0 Å². The zero-order valence-electron chi connectivity index (χ0n) is 10.3. The lowest BCUT2D eigenvalue weighted by molar-refractivity contribution is -0.139. The highest BCUT2D eigenvalue weighted by atomic mass is 127. The van der Waals surface area contributed by atoms with Gasteiger partial charge in [-0.25, -0.2) is 4.79 Å². The summed E-state index contributed by atoms with van der Waals surface area (Å²) in [5.41, 5.74) is 0.508. The number of carboxylic acid groups (broad SMARTS) is 1. The fraction of sp³-hybridized carbons (Fsp3) is 0.385. The van der Waals surface area contributed by atoms with Gasteiger partial charge in [0, 0.05) is 3.57 Å². The number of carboxylic acids is 1. The maximum absolute atomic E-state index is 12.0. The third kappa shape index (κ3) is 4.29. The molecule has 1 amide bonds. The Kier molecular flexibility index (Phi) is 5.58. The smallest absolute Gasteiger partial charge is 0.326 e. The SMILES string of the molecule is CC(C)C[C@H](NC(=O)c1ccccc1I)C(=O)O. The van der Waals surface area contributed by atoms with Gasteiger partial charge in [0.25, 0.3) is 5.91 Å². The Morgan fingerprint density at radius 2 is 1.94 bits per heavy atom. The fourth-order valence-corrected chi connectivity index (χ4v) is 2.21. The summed E-state index contributed by atoms with van der Waals surface area (Å²) >= 11 is 2.06. The molecule has 2 N–H and O–H groups in total. The van der Waals surface area contributed by atoms with Crippen molar-refractivity contribution in [3.63, 3.8) is 0 Å². The number of halogens is 1. The molecule has 1 rings (SSSR count). The second-order valence-corrected chi connectivity index (χ2v) is 5.64. The third-order valence-electron chi connectivity index (χ3n) is 2.43. The van der Waals surface area contributed by atoms with E-state index in [1.54, 1.807) is 12.1 Å². The molecule has 0 unspecified atom stereocenters. The summed E-state index contributed by atoms with van der Waals surface area (Å²) in [5, 5.41) is 11.6. The molecule has 5 heteroatoms. The van der Waals surface area contributed by atoms with E-state index >= 15 is 0 Å². The first-order valence-electron chi connectivity index (χ1n) is 5.70. The van der Waals surface area contributed by atoms with Crippen LogP contribution in [0.5, 0.6) is 0 Å². The first kappa shape index (κ1) is 14.9. The van der Waals surface area contributed by atoms with E-state index < -0.39 is 12.0 Å². The van der Waals surface area contributed by atoms with Crippen molar-refractivity contribution in [3.8, 4) is 0 Å². The van der Waals surface area contributed by atoms with Crippen LogP contribution in [0.3, 0.4) is 0 Å². The highest BCUT2D eigenvalue weighted by Crippen LogP contribution is 2.12. The van der Waals surface area contributed by atoms with Crippen molar-refractivity contribution in [1.82, 2.24) is 5.32 Å². The summed E-state index contributed by atoms with van der Waals surface area (Å²) in [4.78, 5) is 23.1. The molecule has 0 aliphatic carbocycles. The first-order chi connectivity index (χ1) is 8.41. The van der Waals surface area contributed by atoms with E-state index in [1.165, 1.54) is 0 Å². The number of nitrogens with one attached hydrogen (secondary N) is 1. The molecular weight excluding hydrogens is 345 g/mol. The lowest BCUT2D eigenvalue weighted by Gasteiger charge is -2.16. The quantitative estimate of drug-likeness (QED) is 0.793. The zero-order chi connectivity index (χ0) is 13.7. The van der Waals surface area contributed by atoms with E-state index in [-0.39, 0.29) is 11.8 Å². The van der Waals surface area contributed by atoms with E-state index in [1.807, 2.05) is 26.0 Å². The molecule has 4 nitrogen and oxygen atoms in total. The van der Waals surface area contributed by atoms with Crippen LogP contribution in [0.25, 0.3) is 0 Å². The van der Waals surface area contributed by atoms with Crippen molar-refractivity contribution in [2.24, 2.45) is 5.92 Å². The van der Waals surface area contributed by atoms with E-state index in [0.29, 0.717) is 12.0 Å². The lowest BCUT2D eigenvalue weighted by atomic mass is 10.0. The Morgan fingerprint density at radius 1 is 1.33 bits per heavy atom. The molecular formula is C13H16INO3. The van der Waals surface area contributed by atoms with Crippen molar-refractivity contribution in [2.45, 2.75) is 26.3 Å². The molecule has 0 heterocycles. The van der Waals surface area contributed by atoms with Crippen LogP contribution in [0.2, 0.25) is 0 Å². The van der Waals surface area contributed by atoms with Crippen LogP contribution in [0.4, 0.5) is 0 Å². The Hall–Kier alpha value is -1.11. The van der Waals surface area contributed by atoms with Crippen molar-refractivity contribution < 1.29 is 14.7 Å². The average molecular weight is 361 g/mol. The minimum atomic E-state index is -0.997. The second-order valence-electron chi connectivity index (χ2n) is 4.47. The third-order valence-corrected chi connectivity index (χ3v) is 3.37. The topological polar surface area (TPSA) is 66.4 Å². The molecule has 1 aromatic carbocycles. The number of benzene rings is 1. The summed E-state index contributed by atoms with van der Waals surface area (Å²) in [6, 6.07) is 6.25. The summed E-state index contributed by atoms with van der Waals surface area (Å²) in [6.07, 6.45) is 0.421. The maximum atomic E-state index is 12.0. The number of carbonyl (C=O) groups is 2. The fourth-order valence-electron chi connectivity index (χ4n) is 1.57. The molecule has 0 aliphatic heterocycles. The summed E-state index contributed by atoms with van der Waals surface area (Å²) in [5.74, 6) is -1.13. The van der Waals surface area contributed by atoms with Crippen LogP contribution >= 0.6 is 22.6 Å². The number of hydrogen-bond acceptors (Lipinski definition) is 2. The van der Waals surface area contributed by atoms with Gasteiger partial charge >= 0.3 is 5.97 Å². The number of aliphatic carboxylic acids is 1. The van der Waals surface area contributed by atoms with E-state index in [0.717, 1.165) is 3.57 Å². The summed E-state index contributed by atoms with van der Waals surface area (Å²) in [6.45, 7) is 3.85. The highest BCUT2D eigenvalue weighted by Gasteiger charge is 2.22. The van der Waals surface area contributed by atoms with Crippen LogP contribution in [0.15, 0.2) is 24.3 Å². The standard InChI is InChI=1S/C13H16INO3/c1-8(2)7-11(13(17)18)15-12(16)9-5-3-4-6-10(9)14/h3-6,8,11H,7H2,1-2H3,(H,15,16)(H,17,18)/t11-/m0/s1. The van der Waals surface area contributed by atoms with Gasteiger partial charge in [-0.15, -0.1) is 0 Å². The highest BCUT2D eigenvalue weighted by molar-refractivity contribution is 14.1. The van der Waals surface area contributed by atoms with Gasteiger partial charge in [-0.3, -0.25) is 4.79 Å². The molecule has 0 spiro atoms. The zero-order valence-corrected chi connectivity index (χ0v) is 12.5. The molecule has 0 bridgehead atoms. The van der Waals surface area contributed by atoms with Gasteiger partial charge in [0.1, 0.15) is 6.04 Å². The van der Waals surface area contributed by atoms with Crippen LogP contribution in [-0.4, -0.2) is 23.0 Å². The minimum Gasteiger partial charge on any atom is -0.480 e. The molecule has 1 aromatic rings. The van der Waals surface area contributed by atoms with Gasteiger partial charge in [-0.05, 0) is 47.1 Å². The van der Waals surface area contributed by atoms with Gasteiger partial charge < -0.3 is 10.4 Å². The maximum Gasteiger partial charge on any atom is 0.326 e. The number of hydrogen-bond donors (Lipinski definition) is 2. The predicted octanol–water partition coefficient (Wildman–Crippen LogP) is 2.52. The average Bonchev–Trinajstić information content (AvgIpc) is 2.27. The summed E-state index contributed by atoms with van der Waals surface area (Å²) < 4.78 is 0.807. The van der Waals surface area contributed by atoms with Crippen molar-refractivity contribution in [3.05, 3.63) is 33.4 Å². The van der Waals surface area contributed by atoms with E-state index in [9.17, 15) is 9.59 Å². The first-order valence-corrected chi connectivity index (χ1v) is 6.78. The Balaban J connectivity index is 2.79. The van der Waals surface area contributed by atoms with Crippen molar-refractivity contribution >= 4 is 34.5 Å². The normalized spacial score (nSPS) is 12.2. The number of amides is 1.